The van der Waals surface area contributed by atoms with Crippen LogP contribution in [-0.2, 0) is 4.74 Å². The standard InChI is InChI=1S/C15H21NO3/c1-10-5-3-4-6-14(10)19-15(17)12-8-7-11(18-2)9-13(12)16/h7-10,14H,3-6,16H2,1-2H3. The summed E-state index contributed by atoms with van der Waals surface area (Å²) in [4.78, 5) is 12.1. The molecule has 0 saturated heterocycles. The van der Waals surface area contributed by atoms with Crippen molar-refractivity contribution >= 4 is 11.7 Å². The lowest BCUT2D eigenvalue weighted by Crippen LogP contribution is -2.28. The van der Waals surface area contributed by atoms with E-state index in [1.807, 2.05) is 0 Å². The number of carbonyl (C=O) groups excluding carboxylic acids is 1. The molecule has 2 rings (SSSR count). The molecule has 2 unspecified atom stereocenters. The van der Waals surface area contributed by atoms with E-state index in [1.165, 1.54) is 6.42 Å². The van der Waals surface area contributed by atoms with Gasteiger partial charge >= 0.3 is 5.97 Å². The molecule has 1 saturated carbocycles. The first-order valence-corrected chi connectivity index (χ1v) is 6.76. The number of hydrogen-bond donors (Lipinski definition) is 1. The van der Waals surface area contributed by atoms with Crippen LogP contribution in [0.3, 0.4) is 0 Å². The molecule has 104 valence electrons. The summed E-state index contributed by atoms with van der Waals surface area (Å²) < 4.78 is 10.6. The van der Waals surface area contributed by atoms with Gasteiger partial charge in [-0.15, -0.1) is 0 Å². The summed E-state index contributed by atoms with van der Waals surface area (Å²) in [5, 5.41) is 0. The van der Waals surface area contributed by atoms with Gasteiger partial charge in [0, 0.05) is 11.8 Å². The van der Waals surface area contributed by atoms with Crippen LogP contribution in [0.2, 0.25) is 0 Å². The van der Waals surface area contributed by atoms with Crippen LogP contribution in [0.1, 0.15) is 43.0 Å². The first-order valence-electron chi connectivity index (χ1n) is 6.76. The third kappa shape index (κ3) is 3.19. The second kappa shape index (κ2) is 5.95. The predicted molar refractivity (Wildman–Crippen MR) is 74.2 cm³/mol. The SMILES string of the molecule is COc1ccc(C(=O)OC2CCCCC2C)c(N)c1. The van der Waals surface area contributed by atoms with Crippen LogP contribution >= 0.6 is 0 Å². The summed E-state index contributed by atoms with van der Waals surface area (Å²) in [5.74, 6) is 0.733. The molecule has 2 N–H and O–H groups in total. The number of rotatable bonds is 3. The fraction of sp³-hybridized carbons (Fsp3) is 0.533. The summed E-state index contributed by atoms with van der Waals surface area (Å²) >= 11 is 0. The van der Waals surface area contributed by atoms with E-state index in [2.05, 4.69) is 6.92 Å². The minimum absolute atomic E-state index is 0.0164. The molecule has 1 aromatic rings. The normalized spacial score (nSPS) is 22.8. The first-order chi connectivity index (χ1) is 9.11. The van der Waals surface area contributed by atoms with Gasteiger partial charge in [0.25, 0.3) is 0 Å². The molecule has 0 amide bonds. The summed E-state index contributed by atoms with van der Waals surface area (Å²) in [6.07, 6.45) is 4.43. The Balaban J connectivity index is 2.07. The van der Waals surface area contributed by atoms with Gasteiger partial charge in [0.15, 0.2) is 0 Å². The highest BCUT2D eigenvalue weighted by molar-refractivity contribution is 5.95. The molecule has 1 aliphatic carbocycles. The third-order valence-electron chi connectivity index (χ3n) is 3.77. The molecule has 1 aliphatic rings. The predicted octanol–water partition coefficient (Wildman–Crippen LogP) is 3.01. The topological polar surface area (TPSA) is 61.5 Å². The molecule has 4 heteroatoms. The Morgan fingerprint density at radius 2 is 2.05 bits per heavy atom. The fourth-order valence-electron chi connectivity index (χ4n) is 2.51. The van der Waals surface area contributed by atoms with Gasteiger partial charge in [-0.1, -0.05) is 13.3 Å². The van der Waals surface area contributed by atoms with Gasteiger partial charge < -0.3 is 15.2 Å². The van der Waals surface area contributed by atoms with Crippen LogP contribution in [0.4, 0.5) is 5.69 Å². The number of ether oxygens (including phenoxy) is 2. The number of nitrogens with two attached hydrogens (primary N) is 1. The summed E-state index contributed by atoms with van der Waals surface area (Å²) in [6.45, 7) is 2.13. The highest BCUT2D eigenvalue weighted by atomic mass is 16.5. The van der Waals surface area contributed by atoms with Crippen molar-refractivity contribution in [2.45, 2.75) is 38.7 Å². The van der Waals surface area contributed by atoms with Gasteiger partial charge in [0.2, 0.25) is 0 Å². The number of anilines is 1. The molecule has 1 fully saturated rings. The van der Waals surface area contributed by atoms with Crippen LogP contribution in [-0.4, -0.2) is 19.2 Å². The zero-order valence-electron chi connectivity index (χ0n) is 11.5. The van der Waals surface area contributed by atoms with Crippen LogP contribution in [0, 0.1) is 5.92 Å². The van der Waals surface area contributed by atoms with E-state index in [-0.39, 0.29) is 12.1 Å². The van der Waals surface area contributed by atoms with Crippen molar-refractivity contribution in [1.29, 1.82) is 0 Å². The summed E-state index contributed by atoms with van der Waals surface area (Å²) in [5.41, 5.74) is 6.67. The minimum Gasteiger partial charge on any atom is -0.497 e. The monoisotopic (exact) mass is 263 g/mol. The smallest absolute Gasteiger partial charge is 0.340 e. The van der Waals surface area contributed by atoms with Crippen molar-refractivity contribution in [3.05, 3.63) is 23.8 Å². The lowest BCUT2D eigenvalue weighted by atomic mass is 9.88. The van der Waals surface area contributed by atoms with Crippen molar-refractivity contribution in [3.8, 4) is 5.75 Å². The maximum atomic E-state index is 12.1. The van der Waals surface area contributed by atoms with Crippen molar-refractivity contribution in [3.63, 3.8) is 0 Å². The Morgan fingerprint density at radius 3 is 2.68 bits per heavy atom. The van der Waals surface area contributed by atoms with E-state index in [4.69, 9.17) is 15.2 Å². The molecule has 0 heterocycles. The van der Waals surface area contributed by atoms with E-state index in [9.17, 15) is 4.79 Å². The molecular weight excluding hydrogens is 242 g/mol. The molecule has 0 radical (unpaired) electrons. The third-order valence-corrected chi connectivity index (χ3v) is 3.77. The van der Waals surface area contributed by atoms with Crippen LogP contribution in [0.25, 0.3) is 0 Å². The van der Waals surface area contributed by atoms with Crippen LogP contribution in [0.15, 0.2) is 18.2 Å². The lowest BCUT2D eigenvalue weighted by Gasteiger charge is -2.28. The molecule has 0 aromatic heterocycles. The molecule has 0 aliphatic heterocycles. The summed E-state index contributed by atoms with van der Waals surface area (Å²) in [7, 11) is 1.57. The van der Waals surface area contributed by atoms with E-state index in [1.54, 1.807) is 25.3 Å². The van der Waals surface area contributed by atoms with E-state index in [0.717, 1.165) is 19.3 Å². The first kappa shape index (κ1) is 13.7. The number of esters is 1. The molecule has 2 atom stereocenters. The Morgan fingerprint density at radius 1 is 1.32 bits per heavy atom. The van der Waals surface area contributed by atoms with Crippen molar-refractivity contribution in [1.82, 2.24) is 0 Å². The zero-order valence-corrected chi connectivity index (χ0v) is 11.5. The molecule has 0 bridgehead atoms. The average Bonchev–Trinajstić information content (AvgIpc) is 2.41. The number of hydrogen-bond acceptors (Lipinski definition) is 4. The van der Waals surface area contributed by atoms with Gasteiger partial charge in [0.05, 0.1) is 12.7 Å². The van der Waals surface area contributed by atoms with Crippen molar-refractivity contribution < 1.29 is 14.3 Å². The Kier molecular flexibility index (Phi) is 4.30. The highest BCUT2D eigenvalue weighted by Crippen LogP contribution is 2.28. The number of methoxy groups -OCH3 is 1. The van der Waals surface area contributed by atoms with Gasteiger partial charge in [-0.25, -0.2) is 4.79 Å². The minimum atomic E-state index is -0.334. The number of benzene rings is 1. The molecule has 19 heavy (non-hydrogen) atoms. The lowest BCUT2D eigenvalue weighted by molar-refractivity contribution is 0.00493. The van der Waals surface area contributed by atoms with E-state index >= 15 is 0 Å². The van der Waals surface area contributed by atoms with Gasteiger partial charge in [-0.3, -0.25) is 0 Å². The summed E-state index contributed by atoms with van der Waals surface area (Å²) in [6, 6.07) is 5.02. The van der Waals surface area contributed by atoms with Gasteiger partial charge in [-0.05, 0) is 37.3 Å². The van der Waals surface area contributed by atoms with Crippen molar-refractivity contribution in [2.24, 2.45) is 5.92 Å². The van der Waals surface area contributed by atoms with Gasteiger partial charge in [0.1, 0.15) is 11.9 Å². The van der Waals surface area contributed by atoms with Crippen LogP contribution < -0.4 is 10.5 Å². The second-order valence-corrected chi connectivity index (χ2v) is 5.16. The van der Waals surface area contributed by atoms with Crippen LogP contribution in [0.5, 0.6) is 5.75 Å². The van der Waals surface area contributed by atoms with E-state index < -0.39 is 0 Å². The quantitative estimate of drug-likeness (QED) is 0.672. The fourth-order valence-corrected chi connectivity index (χ4v) is 2.51. The number of nitrogen functional groups attached to an aromatic ring is 1. The Hall–Kier alpha value is -1.71. The van der Waals surface area contributed by atoms with Crippen molar-refractivity contribution in [2.75, 3.05) is 12.8 Å². The molecule has 4 nitrogen and oxygen atoms in total. The average molecular weight is 263 g/mol. The molecule has 0 spiro atoms. The maximum absolute atomic E-state index is 12.1. The Labute approximate surface area is 113 Å². The highest BCUT2D eigenvalue weighted by Gasteiger charge is 2.25. The number of carbonyl (C=O) groups is 1. The Bertz CT molecular complexity index is 459. The van der Waals surface area contributed by atoms with E-state index in [0.29, 0.717) is 22.9 Å². The second-order valence-electron chi connectivity index (χ2n) is 5.16. The largest absolute Gasteiger partial charge is 0.497 e. The van der Waals surface area contributed by atoms with Gasteiger partial charge in [-0.2, -0.15) is 0 Å². The molecule has 1 aromatic carbocycles. The zero-order chi connectivity index (χ0) is 13.8. The maximum Gasteiger partial charge on any atom is 0.340 e. The molecular formula is C15H21NO3.